The highest BCUT2D eigenvalue weighted by molar-refractivity contribution is 6.02. The fourth-order valence-corrected chi connectivity index (χ4v) is 3.09. The molecule has 154 valence electrons. The van der Waals surface area contributed by atoms with Gasteiger partial charge in [-0.2, -0.15) is 5.10 Å². The first-order valence-electron chi connectivity index (χ1n) is 9.31. The standard InChI is InChI=1S/C21H19N3O6/c1-24-20(26)15-7-3-2-6-14(15)19(23-24)21(27)29-12-18(25)22-10-13-11-28-16-8-4-5-9-17(16)30-13/h2-9,13H,10-12H2,1H3,(H,22,25)/t13-/m0/s1. The van der Waals surface area contributed by atoms with Gasteiger partial charge in [-0.25, -0.2) is 9.48 Å². The maximum atomic E-state index is 12.4. The van der Waals surface area contributed by atoms with E-state index in [2.05, 4.69) is 10.4 Å². The first-order valence-corrected chi connectivity index (χ1v) is 9.31. The van der Waals surface area contributed by atoms with Crippen LogP contribution in [-0.4, -0.2) is 47.5 Å². The van der Waals surface area contributed by atoms with Crippen molar-refractivity contribution in [3.8, 4) is 11.5 Å². The highest BCUT2D eigenvalue weighted by Crippen LogP contribution is 2.30. The molecule has 1 amide bonds. The van der Waals surface area contributed by atoms with E-state index in [9.17, 15) is 14.4 Å². The fraction of sp³-hybridized carbons (Fsp3) is 0.238. The Bertz CT molecular complexity index is 1170. The predicted molar refractivity (Wildman–Crippen MR) is 107 cm³/mol. The summed E-state index contributed by atoms with van der Waals surface area (Å²) in [4.78, 5) is 36.7. The number of carbonyl (C=O) groups excluding carboxylic acids is 2. The summed E-state index contributed by atoms with van der Waals surface area (Å²) in [7, 11) is 1.45. The SMILES string of the molecule is Cn1nc(C(=O)OCC(=O)NC[C@H]2COc3ccccc3O2)c2ccccc2c1=O. The van der Waals surface area contributed by atoms with Gasteiger partial charge in [0.25, 0.3) is 11.5 Å². The maximum absolute atomic E-state index is 12.4. The molecule has 9 nitrogen and oxygen atoms in total. The van der Waals surface area contributed by atoms with Gasteiger partial charge in [-0.1, -0.05) is 30.3 Å². The minimum atomic E-state index is -0.789. The van der Waals surface area contributed by atoms with E-state index >= 15 is 0 Å². The Morgan fingerprint density at radius 1 is 1.13 bits per heavy atom. The average molecular weight is 409 g/mol. The lowest BCUT2D eigenvalue weighted by molar-refractivity contribution is -0.124. The van der Waals surface area contributed by atoms with Crippen molar-refractivity contribution in [3.63, 3.8) is 0 Å². The van der Waals surface area contributed by atoms with E-state index in [4.69, 9.17) is 14.2 Å². The van der Waals surface area contributed by atoms with Crippen LogP contribution in [0.4, 0.5) is 0 Å². The summed E-state index contributed by atoms with van der Waals surface area (Å²) in [6.45, 7) is 0.0125. The molecule has 0 saturated heterocycles. The molecule has 0 aliphatic carbocycles. The van der Waals surface area contributed by atoms with Crippen molar-refractivity contribution in [1.29, 1.82) is 0 Å². The predicted octanol–water partition coefficient (Wildman–Crippen LogP) is 1.05. The number of nitrogens with zero attached hydrogens (tertiary/aromatic N) is 2. The number of aromatic nitrogens is 2. The lowest BCUT2D eigenvalue weighted by atomic mass is 10.1. The van der Waals surface area contributed by atoms with Gasteiger partial charge in [0.15, 0.2) is 23.8 Å². The molecule has 0 fully saturated rings. The van der Waals surface area contributed by atoms with Gasteiger partial charge in [0.2, 0.25) is 0 Å². The van der Waals surface area contributed by atoms with Crippen LogP contribution in [0.25, 0.3) is 10.8 Å². The molecule has 0 spiro atoms. The van der Waals surface area contributed by atoms with Crippen molar-refractivity contribution in [2.24, 2.45) is 7.05 Å². The summed E-state index contributed by atoms with van der Waals surface area (Å²) in [6.07, 6.45) is -0.353. The molecule has 0 radical (unpaired) electrons. The number of benzene rings is 2. The lowest BCUT2D eigenvalue weighted by Gasteiger charge is -2.26. The molecule has 0 unspecified atom stereocenters. The lowest BCUT2D eigenvalue weighted by Crippen LogP contribution is -2.42. The van der Waals surface area contributed by atoms with E-state index in [-0.39, 0.29) is 23.9 Å². The van der Waals surface area contributed by atoms with Gasteiger partial charge >= 0.3 is 5.97 Å². The number of hydrogen-bond acceptors (Lipinski definition) is 7. The maximum Gasteiger partial charge on any atom is 0.359 e. The molecule has 1 aromatic heterocycles. The number of ether oxygens (including phenoxy) is 3. The fourth-order valence-electron chi connectivity index (χ4n) is 3.09. The average Bonchev–Trinajstić information content (AvgIpc) is 2.78. The smallest absolute Gasteiger partial charge is 0.359 e. The van der Waals surface area contributed by atoms with Crippen molar-refractivity contribution in [2.45, 2.75) is 6.10 Å². The second-order valence-electron chi connectivity index (χ2n) is 6.70. The van der Waals surface area contributed by atoms with Gasteiger partial charge in [0, 0.05) is 12.4 Å². The number of carbonyl (C=O) groups is 2. The second-order valence-corrected chi connectivity index (χ2v) is 6.70. The first kappa shape index (κ1) is 19.4. The number of nitrogens with one attached hydrogen (secondary N) is 1. The van der Waals surface area contributed by atoms with E-state index in [1.807, 2.05) is 12.1 Å². The number of esters is 1. The third-order valence-corrected chi connectivity index (χ3v) is 4.58. The van der Waals surface area contributed by atoms with Crippen LogP contribution in [0, 0.1) is 0 Å². The van der Waals surface area contributed by atoms with E-state index < -0.39 is 18.5 Å². The van der Waals surface area contributed by atoms with Crippen LogP contribution < -0.4 is 20.3 Å². The molecule has 30 heavy (non-hydrogen) atoms. The zero-order chi connectivity index (χ0) is 21.1. The van der Waals surface area contributed by atoms with Crippen molar-refractivity contribution in [2.75, 3.05) is 19.8 Å². The van der Waals surface area contributed by atoms with E-state index in [0.29, 0.717) is 28.9 Å². The van der Waals surface area contributed by atoms with Crippen LogP contribution in [0.5, 0.6) is 11.5 Å². The van der Waals surface area contributed by atoms with Gasteiger partial charge in [0.1, 0.15) is 12.7 Å². The Hall–Kier alpha value is -3.88. The Kier molecular flexibility index (Phi) is 5.34. The number of hydrogen-bond donors (Lipinski definition) is 1. The summed E-state index contributed by atoms with van der Waals surface area (Å²) in [6, 6.07) is 13.9. The normalized spacial score (nSPS) is 14.9. The number of amides is 1. The third-order valence-electron chi connectivity index (χ3n) is 4.58. The summed E-state index contributed by atoms with van der Waals surface area (Å²) >= 11 is 0. The number of aryl methyl sites for hydroxylation is 1. The number of para-hydroxylation sites is 2. The van der Waals surface area contributed by atoms with Crippen molar-refractivity contribution < 1.29 is 23.8 Å². The minimum Gasteiger partial charge on any atom is -0.486 e. The van der Waals surface area contributed by atoms with E-state index in [1.165, 1.54) is 7.05 Å². The minimum absolute atomic E-state index is 0.0267. The third kappa shape index (κ3) is 3.95. The van der Waals surface area contributed by atoms with Crippen molar-refractivity contribution in [3.05, 3.63) is 64.6 Å². The molecular formula is C21H19N3O6. The Balaban J connectivity index is 1.34. The topological polar surface area (TPSA) is 109 Å². The van der Waals surface area contributed by atoms with Crippen molar-refractivity contribution >= 4 is 22.6 Å². The summed E-state index contributed by atoms with van der Waals surface area (Å²) in [5, 5.41) is 7.35. The van der Waals surface area contributed by atoms with E-state index in [1.54, 1.807) is 36.4 Å². The first-order chi connectivity index (χ1) is 14.5. The molecule has 0 bridgehead atoms. The zero-order valence-electron chi connectivity index (χ0n) is 16.2. The molecule has 2 heterocycles. The Labute approximate surface area is 171 Å². The van der Waals surface area contributed by atoms with Crippen LogP contribution in [0.2, 0.25) is 0 Å². The summed E-state index contributed by atoms with van der Waals surface area (Å²) in [5.41, 5.74) is -0.350. The van der Waals surface area contributed by atoms with Gasteiger partial charge in [-0.05, 0) is 18.2 Å². The molecule has 4 rings (SSSR count). The van der Waals surface area contributed by atoms with Crippen LogP contribution >= 0.6 is 0 Å². The second kappa shape index (κ2) is 8.24. The zero-order valence-corrected chi connectivity index (χ0v) is 16.2. The molecule has 1 aliphatic rings. The monoisotopic (exact) mass is 409 g/mol. The molecule has 1 aliphatic heterocycles. The Morgan fingerprint density at radius 3 is 2.63 bits per heavy atom. The number of fused-ring (bicyclic) bond motifs is 2. The highest BCUT2D eigenvalue weighted by Gasteiger charge is 2.22. The molecule has 9 heteroatoms. The molecule has 2 aromatic carbocycles. The van der Waals surface area contributed by atoms with Gasteiger partial charge in [-0.15, -0.1) is 0 Å². The van der Waals surface area contributed by atoms with Crippen molar-refractivity contribution in [1.82, 2.24) is 15.1 Å². The molecular weight excluding hydrogens is 390 g/mol. The molecule has 1 atom stereocenters. The summed E-state index contributed by atoms with van der Waals surface area (Å²) in [5.74, 6) is -0.00359. The van der Waals surface area contributed by atoms with E-state index in [0.717, 1.165) is 4.68 Å². The summed E-state index contributed by atoms with van der Waals surface area (Å²) < 4.78 is 17.5. The van der Waals surface area contributed by atoms with Crippen LogP contribution in [0.15, 0.2) is 53.3 Å². The van der Waals surface area contributed by atoms with Gasteiger partial charge in [0.05, 0.1) is 11.9 Å². The van der Waals surface area contributed by atoms with Crippen LogP contribution in [0.3, 0.4) is 0 Å². The molecule has 3 aromatic rings. The molecule has 0 saturated carbocycles. The van der Waals surface area contributed by atoms with Crippen LogP contribution in [0.1, 0.15) is 10.5 Å². The Morgan fingerprint density at radius 2 is 1.83 bits per heavy atom. The molecule has 1 N–H and O–H groups in total. The van der Waals surface area contributed by atoms with Crippen LogP contribution in [-0.2, 0) is 16.6 Å². The highest BCUT2D eigenvalue weighted by atomic mass is 16.6. The van der Waals surface area contributed by atoms with Gasteiger partial charge < -0.3 is 19.5 Å². The number of rotatable bonds is 5. The largest absolute Gasteiger partial charge is 0.486 e. The quantitative estimate of drug-likeness (QED) is 0.628. The van der Waals surface area contributed by atoms with Gasteiger partial charge in [-0.3, -0.25) is 9.59 Å².